The Labute approximate surface area is 398 Å². The molecule has 0 saturated carbocycles. The molecule has 1 aromatic heterocycles. The maximum atomic E-state index is 14.2. The van der Waals surface area contributed by atoms with Crippen LogP contribution < -0.4 is 26.4 Å². The predicted octanol–water partition coefficient (Wildman–Crippen LogP) is 13.5. The Morgan fingerprint density at radius 2 is 0.581 bits per heavy atom. The number of ketones is 1. The minimum Gasteiger partial charge on any atom is -0.287 e. The SMILES string of the molecule is FC(F)(F)c1cc([B-](c2cc(C(F)(F)F)cc(C(F)(F)F)c2)(c2cc(C(F)(F)F)cc(C(F)(F)F)c2)c2cc(C(F)(F)F)cc(C(F)(F)F)c2)cc(C(F)(F)F)c1.O=C(C[n+]1ccc(CF)cc1)c1ccccc1. The molecule has 0 radical (unpaired) electrons. The van der Waals surface area contributed by atoms with Crippen LogP contribution in [-0.2, 0) is 62.6 Å². The van der Waals surface area contributed by atoms with E-state index in [9.17, 15) is 115 Å². The quantitative estimate of drug-likeness (QED) is 0.0644. The molecule has 0 aliphatic carbocycles. The van der Waals surface area contributed by atoms with Crippen LogP contribution in [0.1, 0.15) is 60.4 Å². The number of hydrogen-bond donors (Lipinski definition) is 0. The number of pyridine rings is 1. The van der Waals surface area contributed by atoms with Gasteiger partial charge in [0.1, 0.15) is 12.8 Å². The van der Waals surface area contributed by atoms with Crippen LogP contribution in [0.4, 0.5) is 110 Å². The van der Waals surface area contributed by atoms with E-state index in [0.717, 1.165) is 0 Å². The van der Waals surface area contributed by atoms with Crippen molar-refractivity contribution >= 4 is 33.8 Å². The number of carbonyl (C=O) groups excluding carboxylic acids is 1. The Hall–Kier alpha value is -6.77. The van der Waals surface area contributed by atoms with Crippen LogP contribution in [-0.4, -0.2) is 11.9 Å². The number of benzene rings is 5. The van der Waals surface area contributed by atoms with Crippen molar-refractivity contribution in [3.05, 3.63) is 183 Å². The summed E-state index contributed by atoms with van der Waals surface area (Å²) in [5, 5.41) is 0. The van der Waals surface area contributed by atoms with E-state index >= 15 is 0 Å². The molecule has 0 aliphatic heterocycles. The van der Waals surface area contributed by atoms with Gasteiger partial charge in [-0.25, -0.2) is 4.39 Å². The summed E-state index contributed by atoms with van der Waals surface area (Å²) in [7, 11) is 0. The molecule has 398 valence electrons. The fourth-order valence-corrected chi connectivity index (χ4v) is 7.63. The predicted molar refractivity (Wildman–Crippen MR) is 212 cm³/mol. The van der Waals surface area contributed by atoms with E-state index in [4.69, 9.17) is 0 Å². The van der Waals surface area contributed by atoms with Gasteiger partial charge < -0.3 is 0 Å². The first-order valence-electron chi connectivity index (χ1n) is 20.0. The van der Waals surface area contributed by atoms with Gasteiger partial charge in [0.2, 0.25) is 12.3 Å². The first kappa shape index (κ1) is 58.1. The third-order valence-electron chi connectivity index (χ3n) is 11.0. The number of carbonyl (C=O) groups is 1. The zero-order valence-electron chi connectivity index (χ0n) is 35.9. The summed E-state index contributed by atoms with van der Waals surface area (Å²) >= 11 is 0. The average Bonchev–Trinajstić information content (AvgIpc) is 3.27. The van der Waals surface area contributed by atoms with E-state index in [1.165, 1.54) is 0 Å². The van der Waals surface area contributed by atoms with Crippen LogP contribution in [0.3, 0.4) is 0 Å². The lowest BCUT2D eigenvalue weighted by Crippen LogP contribution is -2.75. The zero-order valence-corrected chi connectivity index (χ0v) is 35.9. The van der Waals surface area contributed by atoms with Gasteiger partial charge in [0.25, 0.3) is 0 Å². The molecular weight excluding hydrogens is 1070 g/mol. The van der Waals surface area contributed by atoms with Crippen molar-refractivity contribution in [3.8, 4) is 0 Å². The van der Waals surface area contributed by atoms with Crippen molar-refractivity contribution < 1.29 is 119 Å². The van der Waals surface area contributed by atoms with Crippen molar-refractivity contribution in [2.24, 2.45) is 0 Å². The second kappa shape index (κ2) is 20.2. The van der Waals surface area contributed by atoms with Gasteiger partial charge in [-0.05, 0) is 29.8 Å². The van der Waals surface area contributed by atoms with Crippen LogP contribution in [0.2, 0.25) is 0 Å². The summed E-state index contributed by atoms with van der Waals surface area (Å²) < 4.78 is 355. The van der Waals surface area contributed by atoms with Crippen molar-refractivity contribution in [1.29, 1.82) is 0 Å². The van der Waals surface area contributed by atoms with Gasteiger partial charge >= 0.3 is 49.4 Å². The second-order valence-corrected chi connectivity index (χ2v) is 16.0. The number of hydrogen-bond acceptors (Lipinski definition) is 1. The normalized spacial score (nSPS) is 13.4. The molecular formula is C46H25BF25NO. The third-order valence-corrected chi connectivity index (χ3v) is 11.0. The molecule has 2 nitrogen and oxygen atoms in total. The highest BCUT2D eigenvalue weighted by atomic mass is 19.4. The second-order valence-electron chi connectivity index (χ2n) is 16.0. The summed E-state index contributed by atoms with van der Waals surface area (Å²) in [6, 6.07) is 3.68. The highest BCUT2D eigenvalue weighted by Crippen LogP contribution is 2.41. The van der Waals surface area contributed by atoms with Crippen molar-refractivity contribution in [2.45, 2.75) is 62.6 Å². The summed E-state index contributed by atoms with van der Waals surface area (Å²) in [6.45, 7) is -0.204. The fourth-order valence-electron chi connectivity index (χ4n) is 7.63. The van der Waals surface area contributed by atoms with Crippen LogP contribution in [0.5, 0.6) is 0 Å². The van der Waals surface area contributed by atoms with E-state index in [1.54, 1.807) is 41.2 Å². The van der Waals surface area contributed by atoms with E-state index in [1.807, 2.05) is 18.2 Å². The van der Waals surface area contributed by atoms with Gasteiger partial charge in [-0.1, -0.05) is 78.9 Å². The molecule has 0 atom stereocenters. The van der Waals surface area contributed by atoms with Crippen molar-refractivity contribution in [1.82, 2.24) is 0 Å². The zero-order chi connectivity index (χ0) is 56.0. The Kier molecular flexibility index (Phi) is 15.8. The Balaban J connectivity index is 0.000000500. The number of Topliss-reactive ketones (excluding diaryl/α,β-unsaturated/α-hetero) is 1. The standard InChI is InChI=1S/C32H12BF24.C14H13FNO/c34-25(35,36)13-1-14(26(37,38)39)6-21(5-13)33(22-7-15(27(40,41)42)2-16(8-22)28(43,44)45,23-9-17(29(46,47)48)3-18(10-23)30(49,50)51)24-11-19(31(52,53)54)4-20(12-24)32(55,56)57;15-10-12-6-8-16(9-7-12)11-14(17)13-4-2-1-3-5-13/h1-12H;1-9H,10-11H2/q-1;+1. The number of alkyl halides is 25. The van der Waals surface area contributed by atoms with Crippen LogP contribution in [0.25, 0.3) is 0 Å². The van der Waals surface area contributed by atoms with Gasteiger partial charge in [0, 0.05) is 17.7 Å². The van der Waals surface area contributed by atoms with Crippen LogP contribution in [0.15, 0.2) is 128 Å². The minimum absolute atomic E-state index is 0.0450. The molecule has 0 N–H and O–H groups in total. The molecule has 74 heavy (non-hydrogen) atoms. The molecule has 0 unspecified atom stereocenters. The molecule has 0 fully saturated rings. The molecule has 0 amide bonds. The largest absolute Gasteiger partial charge is 0.416 e. The van der Waals surface area contributed by atoms with E-state index in [0.29, 0.717) is 11.1 Å². The fraction of sp³-hybridized carbons (Fsp3) is 0.217. The molecule has 0 spiro atoms. The third kappa shape index (κ3) is 13.5. The minimum atomic E-state index is -6.13. The first-order valence-corrected chi connectivity index (χ1v) is 20.0. The maximum absolute atomic E-state index is 14.2. The number of nitrogens with zero attached hydrogens (tertiary/aromatic N) is 1. The Bertz CT molecular complexity index is 2520. The molecule has 1 heterocycles. The molecule has 0 aliphatic rings. The summed E-state index contributed by atoms with van der Waals surface area (Å²) in [4.78, 5) is 11.9. The van der Waals surface area contributed by atoms with Crippen LogP contribution in [0, 0.1) is 0 Å². The summed E-state index contributed by atoms with van der Waals surface area (Å²) in [6.07, 6.45) is -51.4. The van der Waals surface area contributed by atoms with Gasteiger partial charge in [0.15, 0.2) is 12.4 Å². The van der Waals surface area contributed by atoms with Gasteiger partial charge in [-0.2, -0.15) is 132 Å². The number of rotatable bonds is 8. The smallest absolute Gasteiger partial charge is 0.287 e. The highest BCUT2D eigenvalue weighted by Gasteiger charge is 2.47. The highest BCUT2D eigenvalue weighted by molar-refractivity contribution is 7.20. The van der Waals surface area contributed by atoms with Gasteiger partial charge in [-0.3, -0.25) is 4.79 Å². The lowest BCUT2D eigenvalue weighted by Gasteiger charge is -2.46. The molecule has 6 aromatic rings. The molecule has 0 bridgehead atoms. The number of halogens is 25. The monoisotopic (exact) mass is 1090 g/mol. The van der Waals surface area contributed by atoms with Crippen molar-refractivity contribution in [3.63, 3.8) is 0 Å². The Morgan fingerprint density at radius 1 is 0.351 bits per heavy atom. The molecule has 5 aromatic carbocycles. The molecule has 0 saturated heterocycles. The molecule has 28 heteroatoms. The lowest BCUT2D eigenvalue weighted by atomic mass is 9.12. The summed E-state index contributed by atoms with van der Waals surface area (Å²) in [5.41, 5.74) is -28.9. The maximum Gasteiger partial charge on any atom is 0.416 e. The Morgan fingerprint density at radius 3 is 0.784 bits per heavy atom. The van der Waals surface area contributed by atoms with E-state index in [-0.39, 0.29) is 12.3 Å². The van der Waals surface area contributed by atoms with E-state index < -0.39 is 201 Å². The van der Waals surface area contributed by atoms with Crippen molar-refractivity contribution in [2.75, 3.05) is 0 Å². The van der Waals surface area contributed by atoms with Crippen LogP contribution >= 0.6 is 0 Å². The van der Waals surface area contributed by atoms with Gasteiger partial charge in [-0.15, -0.1) is 0 Å². The van der Waals surface area contributed by atoms with E-state index in [2.05, 4.69) is 0 Å². The summed E-state index contributed by atoms with van der Waals surface area (Å²) in [5.74, 6) is 0.0450. The topological polar surface area (TPSA) is 20.9 Å². The number of aromatic nitrogens is 1. The van der Waals surface area contributed by atoms with Gasteiger partial charge in [0.05, 0.1) is 44.5 Å². The first-order chi connectivity index (χ1) is 33.6. The lowest BCUT2D eigenvalue weighted by molar-refractivity contribution is -0.683. The average molecular weight is 1090 g/mol. The molecule has 6 rings (SSSR count).